The minimum absolute atomic E-state index is 0.193. The van der Waals surface area contributed by atoms with Crippen molar-refractivity contribution >= 4 is 22.8 Å². The van der Waals surface area contributed by atoms with E-state index < -0.39 is 12.0 Å². The van der Waals surface area contributed by atoms with E-state index in [1.165, 1.54) is 0 Å². The number of hydrogen-bond acceptors (Lipinski definition) is 2. The maximum atomic E-state index is 12.1. The summed E-state index contributed by atoms with van der Waals surface area (Å²) < 4.78 is 0. The number of rotatable bonds is 6. The fourth-order valence-electron chi connectivity index (χ4n) is 2.60. The van der Waals surface area contributed by atoms with E-state index in [-0.39, 0.29) is 12.3 Å². The summed E-state index contributed by atoms with van der Waals surface area (Å²) in [7, 11) is 0. The number of carboxylic acids is 1. The van der Waals surface area contributed by atoms with Gasteiger partial charge in [0.1, 0.15) is 6.04 Å². The lowest BCUT2D eigenvalue weighted by molar-refractivity contribution is -0.142. The molecule has 1 saturated carbocycles. The predicted molar refractivity (Wildman–Crippen MR) is 78.9 cm³/mol. The molecule has 21 heavy (non-hydrogen) atoms. The Bertz CT molecular complexity index is 673. The average molecular weight is 286 g/mol. The number of aliphatic carboxylic acids is 1. The second kappa shape index (κ2) is 5.60. The van der Waals surface area contributed by atoms with Crippen molar-refractivity contribution in [3.63, 3.8) is 0 Å². The van der Waals surface area contributed by atoms with Gasteiger partial charge in [0.05, 0.1) is 6.42 Å². The lowest BCUT2D eigenvalue weighted by Gasteiger charge is -2.13. The number of carbonyl (C=O) groups excluding carboxylic acids is 1. The Morgan fingerprint density at radius 3 is 2.81 bits per heavy atom. The number of carbonyl (C=O) groups is 2. The number of nitrogens with one attached hydrogen (secondary N) is 2. The maximum Gasteiger partial charge on any atom is 0.326 e. The van der Waals surface area contributed by atoms with E-state index in [4.69, 9.17) is 0 Å². The molecule has 5 heteroatoms. The first-order valence-corrected chi connectivity index (χ1v) is 7.20. The summed E-state index contributed by atoms with van der Waals surface area (Å²) in [6.45, 7) is 0. The second-order valence-electron chi connectivity index (χ2n) is 5.67. The molecule has 1 fully saturated rings. The van der Waals surface area contributed by atoms with Gasteiger partial charge >= 0.3 is 5.97 Å². The van der Waals surface area contributed by atoms with Crippen molar-refractivity contribution in [2.24, 2.45) is 5.92 Å². The second-order valence-corrected chi connectivity index (χ2v) is 5.67. The molecule has 1 atom stereocenters. The highest BCUT2D eigenvalue weighted by Crippen LogP contribution is 2.33. The topological polar surface area (TPSA) is 82.2 Å². The number of aromatic amines is 1. The molecule has 110 valence electrons. The third-order valence-electron chi connectivity index (χ3n) is 3.93. The molecule has 0 saturated heterocycles. The Hall–Kier alpha value is -2.30. The quantitative estimate of drug-likeness (QED) is 0.760. The molecular weight excluding hydrogens is 268 g/mol. The lowest BCUT2D eigenvalue weighted by atomic mass is 10.1. The average Bonchev–Trinajstić information content (AvgIpc) is 3.19. The van der Waals surface area contributed by atoms with Gasteiger partial charge in [-0.2, -0.15) is 0 Å². The first-order chi connectivity index (χ1) is 10.1. The SMILES string of the molecule is O=C(Cc1c[nH]c2ccccc12)NC(CC1CC1)C(=O)O. The molecular formula is C16H18N2O3. The number of amides is 1. The third-order valence-corrected chi connectivity index (χ3v) is 3.93. The molecule has 2 aromatic rings. The molecule has 3 rings (SSSR count). The Morgan fingerprint density at radius 1 is 1.33 bits per heavy atom. The van der Waals surface area contributed by atoms with Gasteiger partial charge in [0, 0.05) is 17.1 Å². The van der Waals surface area contributed by atoms with Crippen molar-refractivity contribution in [3.05, 3.63) is 36.0 Å². The summed E-state index contributed by atoms with van der Waals surface area (Å²) in [5.41, 5.74) is 1.87. The standard InChI is InChI=1S/C16H18N2O3/c19-15(18-14(16(20)21)7-10-5-6-10)8-11-9-17-13-4-2-1-3-12(11)13/h1-4,9-10,14,17H,5-8H2,(H,18,19)(H,20,21). The van der Waals surface area contributed by atoms with Gasteiger partial charge in [0.2, 0.25) is 5.91 Å². The van der Waals surface area contributed by atoms with E-state index in [0.717, 1.165) is 29.3 Å². The Kier molecular flexibility index (Phi) is 3.64. The molecule has 1 unspecified atom stereocenters. The number of hydrogen-bond donors (Lipinski definition) is 3. The molecule has 1 amide bonds. The van der Waals surface area contributed by atoms with Crippen molar-refractivity contribution < 1.29 is 14.7 Å². The summed E-state index contributed by atoms with van der Waals surface area (Å²) in [5, 5.41) is 12.8. The van der Waals surface area contributed by atoms with Crippen molar-refractivity contribution in [2.75, 3.05) is 0 Å². The molecule has 0 aliphatic heterocycles. The predicted octanol–water partition coefficient (Wildman–Crippen LogP) is 2.08. The number of para-hydroxylation sites is 1. The van der Waals surface area contributed by atoms with Crippen LogP contribution in [0.5, 0.6) is 0 Å². The molecule has 1 aliphatic rings. The van der Waals surface area contributed by atoms with Crippen LogP contribution in [0.25, 0.3) is 10.9 Å². The highest BCUT2D eigenvalue weighted by molar-refractivity contribution is 5.90. The van der Waals surface area contributed by atoms with E-state index >= 15 is 0 Å². The maximum absolute atomic E-state index is 12.1. The van der Waals surface area contributed by atoms with Crippen molar-refractivity contribution in [1.29, 1.82) is 0 Å². The minimum atomic E-state index is -0.950. The van der Waals surface area contributed by atoms with Crippen LogP contribution in [-0.2, 0) is 16.0 Å². The number of H-pyrrole nitrogens is 1. The van der Waals surface area contributed by atoms with Crippen LogP contribution in [0, 0.1) is 5.92 Å². The molecule has 5 nitrogen and oxygen atoms in total. The molecule has 1 aromatic carbocycles. The largest absolute Gasteiger partial charge is 0.480 e. The van der Waals surface area contributed by atoms with Gasteiger partial charge in [0.15, 0.2) is 0 Å². The normalized spacial score (nSPS) is 15.8. The van der Waals surface area contributed by atoms with Crippen molar-refractivity contribution in [2.45, 2.75) is 31.7 Å². The smallest absolute Gasteiger partial charge is 0.326 e. The highest BCUT2D eigenvalue weighted by Gasteiger charge is 2.30. The monoisotopic (exact) mass is 286 g/mol. The molecule has 0 bridgehead atoms. The van der Waals surface area contributed by atoms with Gasteiger partial charge in [-0.15, -0.1) is 0 Å². The molecule has 0 radical (unpaired) electrons. The Labute approximate surface area is 122 Å². The van der Waals surface area contributed by atoms with Gasteiger partial charge in [-0.05, 0) is 24.0 Å². The van der Waals surface area contributed by atoms with Gasteiger partial charge in [0.25, 0.3) is 0 Å². The van der Waals surface area contributed by atoms with E-state index in [9.17, 15) is 14.7 Å². The fourth-order valence-corrected chi connectivity index (χ4v) is 2.60. The summed E-state index contributed by atoms with van der Waals surface area (Å²) in [5.74, 6) is -0.735. The van der Waals surface area contributed by atoms with Crippen LogP contribution in [0.2, 0.25) is 0 Å². The van der Waals surface area contributed by atoms with Crippen LogP contribution >= 0.6 is 0 Å². The van der Waals surface area contributed by atoms with Gasteiger partial charge in [-0.1, -0.05) is 31.0 Å². The van der Waals surface area contributed by atoms with E-state index in [0.29, 0.717) is 12.3 Å². The number of carboxylic acid groups (broad SMARTS) is 1. The van der Waals surface area contributed by atoms with Gasteiger partial charge < -0.3 is 15.4 Å². The summed E-state index contributed by atoms with van der Waals surface area (Å²) in [6, 6.07) is 6.98. The summed E-state index contributed by atoms with van der Waals surface area (Å²) in [4.78, 5) is 26.4. The van der Waals surface area contributed by atoms with Crippen LogP contribution < -0.4 is 5.32 Å². The first kappa shape index (κ1) is 13.7. The zero-order valence-electron chi connectivity index (χ0n) is 11.6. The van der Waals surface area contributed by atoms with Crippen molar-refractivity contribution in [3.8, 4) is 0 Å². The Morgan fingerprint density at radius 2 is 2.10 bits per heavy atom. The van der Waals surface area contributed by atoms with Crippen molar-refractivity contribution in [1.82, 2.24) is 10.3 Å². The van der Waals surface area contributed by atoms with Crippen LogP contribution in [-0.4, -0.2) is 28.0 Å². The number of benzene rings is 1. The zero-order valence-corrected chi connectivity index (χ0v) is 11.6. The molecule has 3 N–H and O–H groups in total. The third kappa shape index (κ3) is 3.24. The summed E-state index contributed by atoms with van der Waals surface area (Å²) in [6.07, 6.45) is 4.68. The first-order valence-electron chi connectivity index (χ1n) is 7.20. The fraction of sp³-hybridized carbons (Fsp3) is 0.375. The van der Waals surface area contributed by atoms with Crippen LogP contribution in [0.1, 0.15) is 24.8 Å². The summed E-state index contributed by atoms with van der Waals surface area (Å²) >= 11 is 0. The Balaban J connectivity index is 1.66. The van der Waals surface area contributed by atoms with Crippen LogP contribution in [0.15, 0.2) is 30.5 Å². The lowest BCUT2D eigenvalue weighted by Crippen LogP contribution is -2.41. The zero-order chi connectivity index (χ0) is 14.8. The van der Waals surface area contributed by atoms with Gasteiger partial charge in [-0.25, -0.2) is 4.79 Å². The molecule has 1 aliphatic carbocycles. The molecule has 1 heterocycles. The minimum Gasteiger partial charge on any atom is -0.480 e. The molecule has 0 spiro atoms. The van der Waals surface area contributed by atoms with E-state index in [2.05, 4.69) is 10.3 Å². The van der Waals surface area contributed by atoms with Crippen LogP contribution in [0.3, 0.4) is 0 Å². The number of aromatic nitrogens is 1. The number of fused-ring (bicyclic) bond motifs is 1. The highest BCUT2D eigenvalue weighted by atomic mass is 16.4. The van der Waals surface area contributed by atoms with Crippen LogP contribution in [0.4, 0.5) is 0 Å². The molecule has 1 aromatic heterocycles. The van der Waals surface area contributed by atoms with E-state index in [1.807, 2.05) is 24.3 Å². The van der Waals surface area contributed by atoms with Gasteiger partial charge in [-0.3, -0.25) is 4.79 Å². The van der Waals surface area contributed by atoms with E-state index in [1.54, 1.807) is 6.20 Å².